The van der Waals surface area contributed by atoms with Crippen LogP contribution in [0.15, 0.2) is 18.2 Å². The Balaban J connectivity index is 2.09. The maximum Gasteiger partial charge on any atom is 0.339 e. The molecule has 1 saturated heterocycles. The molecule has 0 radical (unpaired) electrons. The van der Waals surface area contributed by atoms with Gasteiger partial charge in [-0.15, -0.1) is 0 Å². The molecule has 0 saturated carbocycles. The lowest BCUT2D eigenvalue weighted by atomic mass is 10.1. The highest BCUT2D eigenvalue weighted by atomic mass is 16.5. The third kappa shape index (κ3) is 3.27. The molecule has 1 aromatic rings. The van der Waals surface area contributed by atoms with Crippen molar-refractivity contribution in [2.75, 3.05) is 33.4 Å². The number of benzene rings is 1. The standard InChI is InChI=1S/C14H17NO5/c1-19-12-8-10(2-3-11(12)14(17)18)9-13(16)15-4-6-20-7-5-15/h2-3,8H,4-7,9H2,1H3,(H,17,18). The van der Waals surface area contributed by atoms with Gasteiger partial charge in [0, 0.05) is 13.1 Å². The molecule has 0 aliphatic carbocycles. The van der Waals surface area contributed by atoms with E-state index in [9.17, 15) is 9.59 Å². The average molecular weight is 279 g/mol. The van der Waals surface area contributed by atoms with Crippen LogP contribution in [0, 0.1) is 0 Å². The summed E-state index contributed by atoms with van der Waals surface area (Å²) in [7, 11) is 1.41. The number of carbonyl (C=O) groups is 2. The number of nitrogens with zero attached hydrogens (tertiary/aromatic N) is 1. The summed E-state index contributed by atoms with van der Waals surface area (Å²) in [4.78, 5) is 24.8. The summed E-state index contributed by atoms with van der Waals surface area (Å²) in [6.07, 6.45) is 0.232. The summed E-state index contributed by atoms with van der Waals surface area (Å²) in [6.45, 7) is 2.33. The topological polar surface area (TPSA) is 76.1 Å². The zero-order chi connectivity index (χ0) is 14.5. The first-order valence-corrected chi connectivity index (χ1v) is 6.37. The highest BCUT2D eigenvalue weighted by molar-refractivity contribution is 5.91. The van der Waals surface area contributed by atoms with Crippen molar-refractivity contribution < 1.29 is 24.2 Å². The molecule has 6 nitrogen and oxygen atoms in total. The zero-order valence-corrected chi connectivity index (χ0v) is 11.3. The van der Waals surface area contributed by atoms with Gasteiger partial charge in [-0.2, -0.15) is 0 Å². The number of hydrogen-bond acceptors (Lipinski definition) is 4. The van der Waals surface area contributed by atoms with E-state index in [-0.39, 0.29) is 23.6 Å². The van der Waals surface area contributed by atoms with E-state index < -0.39 is 5.97 Å². The molecule has 1 N–H and O–H groups in total. The van der Waals surface area contributed by atoms with Crippen LogP contribution in [0.2, 0.25) is 0 Å². The van der Waals surface area contributed by atoms with Crippen molar-refractivity contribution >= 4 is 11.9 Å². The quantitative estimate of drug-likeness (QED) is 0.882. The average Bonchev–Trinajstić information content (AvgIpc) is 2.47. The Kier molecular flexibility index (Phi) is 4.57. The van der Waals surface area contributed by atoms with E-state index in [2.05, 4.69) is 0 Å². The Morgan fingerprint density at radius 2 is 2.05 bits per heavy atom. The Labute approximate surface area is 116 Å². The highest BCUT2D eigenvalue weighted by Gasteiger charge is 2.18. The lowest BCUT2D eigenvalue weighted by Gasteiger charge is -2.27. The van der Waals surface area contributed by atoms with Crippen molar-refractivity contribution in [1.82, 2.24) is 4.90 Å². The van der Waals surface area contributed by atoms with Crippen LogP contribution in [0.25, 0.3) is 0 Å². The van der Waals surface area contributed by atoms with E-state index in [4.69, 9.17) is 14.6 Å². The molecule has 1 amide bonds. The normalized spacial score (nSPS) is 14.9. The van der Waals surface area contributed by atoms with Gasteiger partial charge in [0.2, 0.25) is 5.91 Å². The van der Waals surface area contributed by atoms with Crippen LogP contribution in [0.3, 0.4) is 0 Å². The van der Waals surface area contributed by atoms with E-state index in [1.165, 1.54) is 13.2 Å². The molecule has 0 aromatic heterocycles. The van der Waals surface area contributed by atoms with E-state index >= 15 is 0 Å². The van der Waals surface area contributed by atoms with Gasteiger partial charge in [-0.1, -0.05) is 6.07 Å². The molecule has 0 spiro atoms. The van der Waals surface area contributed by atoms with E-state index in [0.717, 1.165) is 5.56 Å². The first kappa shape index (κ1) is 14.3. The minimum Gasteiger partial charge on any atom is -0.496 e. The molecule has 1 fully saturated rings. The summed E-state index contributed by atoms with van der Waals surface area (Å²) in [6, 6.07) is 4.70. The molecule has 1 aliphatic rings. The fraction of sp³-hybridized carbons (Fsp3) is 0.429. The van der Waals surface area contributed by atoms with E-state index in [0.29, 0.717) is 26.3 Å². The molecule has 1 aliphatic heterocycles. The Morgan fingerprint density at radius 3 is 2.65 bits per heavy atom. The molecule has 0 unspecified atom stereocenters. The SMILES string of the molecule is COc1cc(CC(=O)N2CCOCC2)ccc1C(=O)O. The minimum atomic E-state index is -1.05. The van der Waals surface area contributed by atoms with Crippen molar-refractivity contribution in [2.24, 2.45) is 0 Å². The fourth-order valence-electron chi connectivity index (χ4n) is 2.12. The minimum absolute atomic E-state index is 0.0124. The summed E-state index contributed by atoms with van der Waals surface area (Å²) in [5.41, 5.74) is 0.832. The number of methoxy groups -OCH3 is 1. The summed E-state index contributed by atoms with van der Waals surface area (Å²) in [5, 5.41) is 9.00. The van der Waals surface area contributed by atoms with Crippen LogP contribution < -0.4 is 4.74 Å². The lowest BCUT2D eigenvalue weighted by molar-refractivity contribution is -0.134. The number of ether oxygens (including phenoxy) is 2. The van der Waals surface area contributed by atoms with Crippen LogP contribution in [-0.4, -0.2) is 55.3 Å². The van der Waals surface area contributed by atoms with Crippen LogP contribution in [-0.2, 0) is 16.0 Å². The van der Waals surface area contributed by atoms with Crippen LogP contribution in [0.4, 0.5) is 0 Å². The fourth-order valence-corrected chi connectivity index (χ4v) is 2.12. The van der Waals surface area contributed by atoms with Crippen molar-refractivity contribution in [3.63, 3.8) is 0 Å². The number of hydrogen-bond donors (Lipinski definition) is 1. The van der Waals surface area contributed by atoms with Crippen molar-refractivity contribution in [2.45, 2.75) is 6.42 Å². The predicted molar refractivity (Wildman–Crippen MR) is 71.1 cm³/mol. The van der Waals surface area contributed by atoms with Gasteiger partial charge in [-0.25, -0.2) is 4.79 Å². The molecular formula is C14H17NO5. The largest absolute Gasteiger partial charge is 0.496 e. The summed E-state index contributed by atoms with van der Waals surface area (Å²) < 4.78 is 10.2. The highest BCUT2D eigenvalue weighted by Crippen LogP contribution is 2.21. The molecule has 20 heavy (non-hydrogen) atoms. The Hall–Kier alpha value is -2.08. The number of carboxylic acid groups (broad SMARTS) is 1. The van der Waals surface area contributed by atoms with Gasteiger partial charge in [0.1, 0.15) is 11.3 Å². The number of carboxylic acids is 1. The van der Waals surface area contributed by atoms with Gasteiger partial charge >= 0.3 is 5.97 Å². The zero-order valence-electron chi connectivity index (χ0n) is 11.3. The second-order valence-corrected chi connectivity index (χ2v) is 4.51. The third-order valence-electron chi connectivity index (χ3n) is 3.22. The van der Waals surface area contributed by atoms with Crippen molar-refractivity contribution in [3.05, 3.63) is 29.3 Å². The van der Waals surface area contributed by atoms with E-state index in [1.54, 1.807) is 17.0 Å². The molecule has 6 heteroatoms. The summed E-state index contributed by atoms with van der Waals surface area (Å²) >= 11 is 0. The molecular weight excluding hydrogens is 262 g/mol. The Bertz CT molecular complexity index is 508. The maximum absolute atomic E-state index is 12.1. The van der Waals surface area contributed by atoms with Crippen molar-refractivity contribution in [1.29, 1.82) is 0 Å². The van der Waals surface area contributed by atoms with Crippen molar-refractivity contribution in [3.8, 4) is 5.75 Å². The van der Waals surface area contributed by atoms with Gasteiger partial charge < -0.3 is 19.5 Å². The van der Waals surface area contributed by atoms with Gasteiger partial charge in [0.15, 0.2) is 0 Å². The first-order chi connectivity index (χ1) is 9.61. The number of aromatic carboxylic acids is 1. The monoisotopic (exact) mass is 279 g/mol. The number of amides is 1. The van der Waals surface area contributed by atoms with Crippen LogP contribution >= 0.6 is 0 Å². The number of morpholine rings is 1. The molecule has 2 rings (SSSR count). The molecule has 1 aromatic carbocycles. The van der Waals surface area contributed by atoms with Crippen LogP contribution in [0.1, 0.15) is 15.9 Å². The predicted octanol–water partition coefficient (Wildman–Crippen LogP) is 0.795. The second-order valence-electron chi connectivity index (χ2n) is 4.51. The maximum atomic E-state index is 12.1. The molecule has 0 atom stereocenters. The van der Waals surface area contributed by atoms with E-state index in [1.807, 2.05) is 0 Å². The molecule has 108 valence electrons. The number of rotatable bonds is 4. The molecule has 0 bridgehead atoms. The smallest absolute Gasteiger partial charge is 0.339 e. The van der Waals surface area contributed by atoms with Gasteiger partial charge in [-0.05, 0) is 17.7 Å². The third-order valence-corrected chi connectivity index (χ3v) is 3.22. The summed E-state index contributed by atoms with van der Waals surface area (Å²) in [5.74, 6) is -0.767. The lowest BCUT2D eigenvalue weighted by Crippen LogP contribution is -2.41. The first-order valence-electron chi connectivity index (χ1n) is 6.37. The molecule has 1 heterocycles. The van der Waals surface area contributed by atoms with Gasteiger partial charge in [0.05, 0.1) is 26.7 Å². The second kappa shape index (κ2) is 6.38. The van der Waals surface area contributed by atoms with Gasteiger partial charge in [0.25, 0.3) is 0 Å². The number of carbonyl (C=O) groups excluding carboxylic acids is 1. The van der Waals surface area contributed by atoms with Crippen LogP contribution in [0.5, 0.6) is 5.75 Å². The Morgan fingerprint density at radius 1 is 1.35 bits per heavy atom. The van der Waals surface area contributed by atoms with Gasteiger partial charge in [-0.3, -0.25) is 4.79 Å².